The molecule has 9 heteroatoms. The number of benzene rings is 2. The Morgan fingerprint density at radius 2 is 1.97 bits per heavy atom. The number of aromatic nitrogens is 1. The summed E-state index contributed by atoms with van der Waals surface area (Å²) in [5.41, 5.74) is 4.60. The Hall–Kier alpha value is -3.43. The van der Waals surface area contributed by atoms with Crippen LogP contribution in [0.2, 0.25) is 0 Å². The number of thioether (sulfide) groups is 1. The molecule has 0 bridgehead atoms. The van der Waals surface area contributed by atoms with E-state index < -0.39 is 5.92 Å². The van der Waals surface area contributed by atoms with Gasteiger partial charge < -0.3 is 15.5 Å². The van der Waals surface area contributed by atoms with Crippen LogP contribution in [0, 0.1) is 19.8 Å². The molecule has 36 heavy (non-hydrogen) atoms. The van der Waals surface area contributed by atoms with Crippen LogP contribution in [0.5, 0.6) is 0 Å². The Balaban J connectivity index is 1.50. The SMILES string of the molecule is C=CCNC(=O)CSc1nc(-c2ccccc2)c(NC(=O)C2CC(=O)N(c3ccc(C)c(C)c3)C2)s1. The standard InChI is InChI=1S/C27H28N4O3S2/c1-4-12-28-22(32)16-35-27-29-24(19-8-6-5-7-9-19)26(36-27)30-25(34)20-14-23(33)31(15-20)21-11-10-17(2)18(3)13-21/h4-11,13,20H,1,12,14-16H2,2-3H3,(H,28,32)(H,30,34). The summed E-state index contributed by atoms with van der Waals surface area (Å²) in [6.07, 6.45) is 1.78. The van der Waals surface area contributed by atoms with E-state index in [2.05, 4.69) is 17.2 Å². The number of hydrogen-bond donors (Lipinski definition) is 2. The molecule has 1 aliphatic rings. The van der Waals surface area contributed by atoms with E-state index in [0.717, 1.165) is 22.4 Å². The van der Waals surface area contributed by atoms with Crippen molar-refractivity contribution in [1.29, 1.82) is 0 Å². The number of hydrogen-bond acceptors (Lipinski definition) is 6. The monoisotopic (exact) mass is 520 g/mol. The van der Waals surface area contributed by atoms with Crippen molar-refractivity contribution < 1.29 is 14.4 Å². The summed E-state index contributed by atoms with van der Waals surface area (Å²) in [4.78, 5) is 44.4. The van der Waals surface area contributed by atoms with Crippen molar-refractivity contribution in [2.45, 2.75) is 24.6 Å². The lowest BCUT2D eigenvalue weighted by molar-refractivity contribution is -0.122. The summed E-state index contributed by atoms with van der Waals surface area (Å²) in [7, 11) is 0. The van der Waals surface area contributed by atoms with Crippen molar-refractivity contribution >= 4 is 51.5 Å². The van der Waals surface area contributed by atoms with Crippen LogP contribution in [0.25, 0.3) is 11.3 Å². The third-order valence-electron chi connectivity index (χ3n) is 5.96. The van der Waals surface area contributed by atoms with E-state index in [0.29, 0.717) is 28.1 Å². The zero-order chi connectivity index (χ0) is 25.7. The molecule has 1 aliphatic heterocycles. The van der Waals surface area contributed by atoms with Gasteiger partial charge in [-0.2, -0.15) is 0 Å². The van der Waals surface area contributed by atoms with E-state index in [9.17, 15) is 14.4 Å². The van der Waals surface area contributed by atoms with Crippen molar-refractivity contribution in [3.8, 4) is 11.3 Å². The fourth-order valence-electron chi connectivity index (χ4n) is 3.84. The molecule has 1 unspecified atom stereocenters. The second-order valence-corrected chi connectivity index (χ2v) is 10.8. The van der Waals surface area contributed by atoms with Gasteiger partial charge in [-0.1, -0.05) is 65.6 Å². The average molecular weight is 521 g/mol. The topological polar surface area (TPSA) is 91.4 Å². The van der Waals surface area contributed by atoms with Gasteiger partial charge in [0.2, 0.25) is 17.7 Å². The summed E-state index contributed by atoms with van der Waals surface area (Å²) in [5.74, 6) is -0.641. The molecular formula is C27H28N4O3S2. The highest BCUT2D eigenvalue weighted by Gasteiger charge is 2.36. The van der Waals surface area contributed by atoms with Crippen molar-refractivity contribution in [3.63, 3.8) is 0 Å². The molecule has 3 amide bonds. The van der Waals surface area contributed by atoms with Crippen molar-refractivity contribution in [2.24, 2.45) is 5.92 Å². The van der Waals surface area contributed by atoms with Gasteiger partial charge in [-0.3, -0.25) is 14.4 Å². The normalized spacial score (nSPS) is 15.1. The molecule has 0 aliphatic carbocycles. The minimum atomic E-state index is -0.467. The van der Waals surface area contributed by atoms with Crippen molar-refractivity contribution in [2.75, 3.05) is 29.1 Å². The first-order chi connectivity index (χ1) is 17.4. The highest BCUT2D eigenvalue weighted by Crippen LogP contribution is 2.38. The number of thiazole rings is 1. The highest BCUT2D eigenvalue weighted by molar-refractivity contribution is 8.01. The lowest BCUT2D eigenvalue weighted by Crippen LogP contribution is -2.28. The van der Waals surface area contributed by atoms with Crippen LogP contribution in [-0.4, -0.2) is 41.5 Å². The summed E-state index contributed by atoms with van der Waals surface area (Å²) in [6, 6.07) is 15.5. The van der Waals surface area contributed by atoms with Gasteiger partial charge >= 0.3 is 0 Å². The first-order valence-corrected chi connectivity index (χ1v) is 13.4. The Morgan fingerprint density at radius 3 is 2.69 bits per heavy atom. The molecule has 1 saturated heterocycles. The van der Waals surface area contributed by atoms with E-state index in [1.54, 1.807) is 11.0 Å². The molecule has 3 aromatic rings. The molecule has 1 aromatic heterocycles. The zero-order valence-corrected chi connectivity index (χ0v) is 21.9. The fraction of sp³-hybridized carbons (Fsp3) is 0.259. The van der Waals surface area contributed by atoms with Gasteiger partial charge in [-0.15, -0.1) is 6.58 Å². The third kappa shape index (κ3) is 6.03. The molecule has 0 spiro atoms. The minimum Gasteiger partial charge on any atom is -0.352 e. The van der Waals surface area contributed by atoms with Gasteiger partial charge in [0.25, 0.3) is 0 Å². The number of aryl methyl sites for hydroxylation is 2. The Morgan fingerprint density at radius 1 is 1.19 bits per heavy atom. The molecule has 2 heterocycles. The van der Waals surface area contributed by atoms with Gasteiger partial charge in [0.1, 0.15) is 10.7 Å². The Labute approximate surface area is 219 Å². The minimum absolute atomic E-state index is 0.0622. The second kappa shape index (κ2) is 11.5. The molecule has 1 fully saturated rings. The summed E-state index contributed by atoms with van der Waals surface area (Å²) in [5, 5.41) is 6.37. The number of nitrogens with one attached hydrogen (secondary N) is 2. The van der Waals surface area contributed by atoms with Crippen LogP contribution in [0.15, 0.2) is 65.5 Å². The second-order valence-electron chi connectivity index (χ2n) is 8.57. The van der Waals surface area contributed by atoms with Gasteiger partial charge in [0, 0.05) is 30.8 Å². The molecular weight excluding hydrogens is 492 g/mol. The Bertz CT molecular complexity index is 1290. The average Bonchev–Trinajstić information content (AvgIpc) is 3.47. The van der Waals surface area contributed by atoms with E-state index in [-0.39, 0.29) is 29.9 Å². The van der Waals surface area contributed by atoms with Crippen LogP contribution in [0.3, 0.4) is 0 Å². The molecule has 1 atom stereocenters. The maximum absolute atomic E-state index is 13.2. The van der Waals surface area contributed by atoms with E-state index >= 15 is 0 Å². The summed E-state index contributed by atoms with van der Waals surface area (Å²) >= 11 is 2.65. The van der Waals surface area contributed by atoms with Gasteiger partial charge in [-0.25, -0.2) is 4.98 Å². The lowest BCUT2D eigenvalue weighted by atomic mass is 10.1. The number of amides is 3. The highest BCUT2D eigenvalue weighted by atomic mass is 32.2. The maximum atomic E-state index is 13.2. The molecule has 2 aromatic carbocycles. The van der Waals surface area contributed by atoms with Gasteiger partial charge in [0.15, 0.2) is 4.34 Å². The van der Waals surface area contributed by atoms with Crippen LogP contribution in [0.4, 0.5) is 10.7 Å². The van der Waals surface area contributed by atoms with Crippen LogP contribution in [-0.2, 0) is 14.4 Å². The predicted molar refractivity (Wildman–Crippen MR) is 146 cm³/mol. The molecule has 0 radical (unpaired) electrons. The number of anilines is 2. The zero-order valence-electron chi connectivity index (χ0n) is 20.2. The number of nitrogens with zero attached hydrogens (tertiary/aromatic N) is 2. The predicted octanol–water partition coefficient (Wildman–Crippen LogP) is 4.81. The van der Waals surface area contributed by atoms with Gasteiger partial charge in [-0.05, 0) is 37.1 Å². The van der Waals surface area contributed by atoms with E-state index in [4.69, 9.17) is 4.98 Å². The first-order valence-electron chi connectivity index (χ1n) is 11.6. The largest absolute Gasteiger partial charge is 0.352 e. The summed E-state index contributed by atoms with van der Waals surface area (Å²) < 4.78 is 0.678. The first kappa shape index (κ1) is 25.7. The molecule has 0 saturated carbocycles. The number of carbonyl (C=O) groups excluding carboxylic acids is 3. The van der Waals surface area contributed by atoms with Crippen molar-refractivity contribution in [3.05, 3.63) is 72.3 Å². The molecule has 7 nitrogen and oxygen atoms in total. The molecule has 2 N–H and O–H groups in total. The Kier molecular flexibility index (Phi) is 8.22. The quantitative estimate of drug-likeness (QED) is 0.312. The molecule has 4 rings (SSSR count). The smallest absolute Gasteiger partial charge is 0.230 e. The third-order valence-corrected chi connectivity index (χ3v) is 8.07. The van der Waals surface area contributed by atoms with Crippen LogP contribution in [0.1, 0.15) is 17.5 Å². The number of rotatable bonds is 9. The lowest BCUT2D eigenvalue weighted by Gasteiger charge is -2.18. The summed E-state index contributed by atoms with van der Waals surface area (Å²) in [6.45, 7) is 8.38. The van der Waals surface area contributed by atoms with Crippen LogP contribution < -0.4 is 15.5 Å². The van der Waals surface area contributed by atoms with Crippen molar-refractivity contribution in [1.82, 2.24) is 10.3 Å². The maximum Gasteiger partial charge on any atom is 0.230 e. The molecule has 186 valence electrons. The van der Waals surface area contributed by atoms with Gasteiger partial charge in [0.05, 0.1) is 11.7 Å². The number of carbonyl (C=O) groups is 3. The van der Waals surface area contributed by atoms with E-state index in [1.165, 1.54) is 23.1 Å². The van der Waals surface area contributed by atoms with Crippen LogP contribution >= 0.6 is 23.1 Å². The van der Waals surface area contributed by atoms with E-state index in [1.807, 2.05) is 62.4 Å². The fourth-order valence-corrected chi connectivity index (χ4v) is 5.74.